The minimum Gasteiger partial charge on any atom is -0.478 e. The van der Waals surface area contributed by atoms with Crippen LogP contribution in [0, 0.1) is 0 Å². The molecular weight excluding hydrogens is 513 g/mol. The van der Waals surface area contributed by atoms with Gasteiger partial charge in [-0.1, -0.05) is 36.7 Å². The standard InChI is InChI=1S/C26H22ClF3N2O5/c1-14(19-9-8-18(13-20(19)27)37-17-6-4-5-15(11-17)23(33)34)25(36,26(28,29)30)16-7-10-21-22(12-16)32(3)24(35)31(21)2/h4-14,36H,1-3H3,(H,33,34). The zero-order chi connectivity index (χ0) is 27.3. The fraction of sp³-hybridized carbons (Fsp3) is 0.231. The molecule has 0 spiro atoms. The van der Waals surface area contributed by atoms with Crippen molar-refractivity contribution in [2.75, 3.05) is 0 Å². The highest BCUT2D eigenvalue weighted by Crippen LogP contribution is 2.50. The van der Waals surface area contributed by atoms with Gasteiger partial charge in [-0.2, -0.15) is 13.2 Å². The molecule has 0 saturated carbocycles. The van der Waals surface area contributed by atoms with Gasteiger partial charge in [0.2, 0.25) is 0 Å². The van der Waals surface area contributed by atoms with Gasteiger partial charge in [-0.25, -0.2) is 9.59 Å². The second-order valence-corrected chi connectivity index (χ2v) is 9.12. The maximum atomic E-state index is 14.5. The predicted octanol–water partition coefficient (Wildman–Crippen LogP) is 5.57. The first-order chi connectivity index (χ1) is 17.3. The lowest BCUT2D eigenvalue weighted by atomic mass is 9.77. The number of halogens is 4. The molecule has 2 atom stereocenters. The van der Waals surface area contributed by atoms with Crippen molar-refractivity contribution in [3.8, 4) is 11.5 Å². The van der Waals surface area contributed by atoms with E-state index in [1.54, 1.807) is 0 Å². The van der Waals surface area contributed by atoms with E-state index >= 15 is 0 Å². The molecule has 0 saturated heterocycles. The lowest BCUT2D eigenvalue weighted by Crippen LogP contribution is -2.46. The highest BCUT2D eigenvalue weighted by atomic mass is 35.5. The number of hydrogen-bond acceptors (Lipinski definition) is 4. The number of carbonyl (C=O) groups is 1. The fourth-order valence-electron chi connectivity index (χ4n) is 4.38. The zero-order valence-electron chi connectivity index (χ0n) is 19.9. The minimum atomic E-state index is -5.09. The lowest BCUT2D eigenvalue weighted by Gasteiger charge is -2.37. The number of ether oxygens (including phenoxy) is 1. The SMILES string of the molecule is CC(c1ccc(Oc2cccc(C(=O)O)c2)cc1Cl)C(O)(c1ccc2c(c1)n(C)c(=O)n2C)C(F)(F)F. The number of hydrogen-bond donors (Lipinski definition) is 2. The van der Waals surface area contributed by atoms with Gasteiger partial charge in [0.05, 0.1) is 16.6 Å². The number of nitrogens with zero attached hydrogens (tertiary/aromatic N) is 2. The largest absolute Gasteiger partial charge is 0.478 e. The summed E-state index contributed by atoms with van der Waals surface area (Å²) in [6, 6.07) is 13.3. The first-order valence-corrected chi connectivity index (χ1v) is 11.4. The Labute approximate surface area is 213 Å². The number of aryl methyl sites for hydroxylation is 2. The molecule has 0 radical (unpaired) electrons. The normalized spacial score (nSPS) is 14.4. The van der Waals surface area contributed by atoms with Crippen molar-refractivity contribution in [2.24, 2.45) is 14.1 Å². The Morgan fingerprint density at radius 1 is 0.973 bits per heavy atom. The first kappa shape index (κ1) is 26.3. The molecule has 0 aliphatic heterocycles. The van der Waals surface area contributed by atoms with Gasteiger partial charge in [0, 0.05) is 25.0 Å². The number of aromatic nitrogens is 2. The van der Waals surface area contributed by atoms with Gasteiger partial charge in [-0.3, -0.25) is 9.13 Å². The molecule has 194 valence electrons. The summed E-state index contributed by atoms with van der Waals surface area (Å²) in [6.07, 6.45) is -5.09. The summed E-state index contributed by atoms with van der Waals surface area (Å²) in [7, 11) is 2.94. The van der Waals surface area contributed by atoms with E-state index in [1.165, 1.54) is 78.7 Å². The van der Waals surface area contributed by atoms with E-state index < -0.39 is 34.9 Å². The van der Waals surface area contributed by atoms with Gasteiger partial charge >= 0.3 is 17.8 Å². The van der Waals surface area contributed by atoms with Gasteiger partial charge in [0.25, 0.3) is 0 Å². The average molecular weight is 535 g/mol. The Hall–Kier alpha value is -3.76. The minimum absolute atomic E-state index is 0.00281. The topological polar surface area (TPSA) is 93.7 Å². The predicted molar refractivity (Wildman–Crippen MR) is 131 cm³/mol. The summed E-state index contributed by atoms with van der Waals surface area (Å²) in [5.74, 6) is -2.33. The van der Waals surface area contributed by atoms with Crippen LogP contribution in [0.4, 0.5) is 13.2 Å². The van der Waals surface area contributed by atoms with E-state index in [2.05, 4.69) is 0 Å². The molecule has 37 heavy (non-hydrogen) atoms. The van der Waals surface area contributed by atoms with Gasteiger partial charge in [0.1, 0.15) is 11.5 Å². The van der Waals surface area contributed by atoms with Crippen molar-refractivity contribution >= 4 is 28.6 Å². The monoisotopic (exact) mass is 534 g/mol. The molecule has 2 unspecified atom stereocenters. The Morgan fingerprint density at radius 2 is 1.62 bits per heavy atom. The molecule has 11 heteroatoms. The summed E-state index contributed by atoms with van der Waals surface area (Å²) >= 11 is 6.36. The lowest BCUT2D eigenvalue weighted by molar-refractivity contribution is -0.274. The zero-order valence-corrected chi connectivity index (χ0v) is 20.6. The van der Waals surface area contributed by atoms with Crippen molar-refractivity contribution in [3.63, 3.8) is 0 Å². The van der Waals surface area contributed by atoms with E-state index in [4.69, 9.17) is 21.4 Å². The average Bonchev–Trinajstić information content (AvgIpc) is 3.06. The Balaban J connectivity index is 1.74. The number of aliphatic hydroxyl groups is 1. The van der Waals surface area contributed by atoms with Crippen molar-refractivity contribution in [3.05, 3.63) is 92.9 Å². The van der Waals surface area contributed by atoms with Crippen LogP contribution in [0.5, 0.6) is 11.5 Å². The summed E-state index contributed by atoms with van der Waals surface area (Å²) in [5.41, 5.74) is -3.54. The van der Waals surface area contributed by atoms with Gasteiger partial charge in [0.15, 0.2) is 5.60 Å². The molecule has 0 bridgehead atoms. The Morgan fingerprint density at radius 3 is 2.24 bits per heavy atom. The van der Waals surface area contributed by atoms with Crippen molar-refractivity contribution in [1.29, 1.82) is 0 Å². The highest BCUT2D eigenvalue weighted by molar-refractivity contribution is 6.31. The molecular formula is C26H22ClF3N2O5. The molecule has 4 rings (SSSR count). The summed E-state index contributed by atoms with van der Waals surface area (Å²) in [5, 5.41) is 20.3. The summed E-state index contributed by atoms with van der Waals surface area (Å²) < 4.78 is 51.6. The van der Waals surface area contributed by atoms with Crippen LogP contribution in [-0.2, 0) is 19.7 Å². The van der Waals surface area contributed by atoms with E-state index in [0.29, 0.717) is 5.52 Å². The third-order valence-electron chi connectivity index (χ3n) is 6.53. The number of benzene rings is 3. The smallest absolute Gasteiger partial charge is 0.422 e. The number of aromatic carboxylic acids is 1. The van der Waals surface area contributed by atoms with Crippen LogP contribution in [0.3, 0.4) is 0 Å². The Bertz CT molecular complexity index is 1580. The van der Waals surface area contributed by atoms with Crippen LogP contribution in [0.2, 0.25) is 5.02 Å². The number of fused-ring (bicyclic) bond motifs is 1. The number of rotatable bonds is 6. The fourth-order valence-corrected chi connectivity index (χ4v) is 4.71. The molecule has 0 aliphatic rings. The first-order valence-electron chi connectivity index (χ1n) is 11.0. The molecule has 1 aromatic heterocycles. The molecule has 7 nitrogen and oxygen atoms in total. The second kappa shape index (κ2) is 9.28. The number of carboxylic acid groups (broad SMARTS) is 1. The van der Waals surface area contributed by atoms with Crippen molar-refractivity contribution in [1.82, 2.24) is 9.13 Å². The van der Waals surface area contributed by atoms with Crippen LogP contribution < -0.4 is 10.4 Å². The summed E-state index contributed by atoms with van der Waals surface area (Å²) in [6.45, 7) is 1.21. The van der Waals surface area contributed by atoms with Crippen LogP contribution in [0.1, 0.15) is 34.3 Å². The van der Waals surface area contributed by atoms with Crippen LogP contribution in [0.15, 0.2) is 65.5 Å². The van der Waals surface area contributed by atoms with E-state index in [0.717, 1.165) is 12.1 Å². The van der Waals surface area contributed by atoms with Gasteiger partial charge in [-0.15, -0.1) is 0 Å². The quantitative estimate of drug-likeness (QED) is 0.337. The molecule has 3 aromatic carbocycles. The third kappa shape index (κ3) is 4.47. The van der Waals surface area contributed by atoms with Crippen LogP contribution in [0.25, 0.3) is 11.0 Å². The maximum absolute atomic E-state index is 14.5. The third-order valence-corrected chi connectivity index (χ3v) is 6.85. The molecule has 0 aliphatic carbocycles. The summed E-state index contributed by atoms with van der Waals surface area (Å²) in [4.78, 5) is 23.4. The number of imidazole rings is 1. The molecule has 4 aromatic rings. The van der Waals surface area contributed by atoms with Crippen molar-refractivity contribution in [2.45, 2.75) is 24.6 Å². The Kier molecular flexibility index (Phi) is 6.60. The molecule has 0 amide bonds. The van der Waals surface area contributed by atoms with E-state index in [1.807, 2.05) is 0 Å². The molecule has 0 fully saturated rings. The highest BCUT2D eigenvalue weighted by Gasteiger charge is 2.59. The van der Waals surface area contributed by atoms with E-state index in [-0.39, 0.29) is 33.2 Å². The van der Waals surface area contributed by atoms with Crippen LogP contribution in [-0.4, -0.2) is 31.5 Å². The number of carboxylic acids is 1. The molecule has 2 N–H and O–H groups in total. The van der Waals surface area contributed by atoms with Gasteiger partial charge < -0.3 is 14.9 Å². The van der Waals surface area contributed by atoms with Crippen molar-refractivity contribution < 1.29 is 32.9 Å². The maximum Gasteiger partial charge on any atom is 0.422 e. The second-order valence-electron chi connectivity index (χ2n) is 8.71. The van der Waals surface area contributed by atoms with Gasteiger partial charge in [-0.05, 0) is 53.6 Å². The van der Waals surface area contributed by atoms with Crippen LogP contribution >= 0.6 is 11.6 Å². The molecule has 1 heterocycles. The number of alkyl halides is 3. The van der Waals surface area contributed by atoms with E-state index in [9.17, 15) is 27.9 Å².